The zero-order valence-corrected chi connectivity index (χ0v) is 20.2. The van der Waals surface area contributed by atoms with Gasteiger partial charge in [-0.15, -0.1) is 0 Å². The van der Waals surface area contributed by atoms with Crippen molar-refractivity contribution in [1.29, 1.82) is 0 Å². The van der Waals surface area contributed by atoms with Crippen molar-refractivity contribution >= 4 is 33.7 Å². The van der Waals surface area contributed by atoms with Crippen molar-refractivity contribution in [2.75, 3.05) is 19.8 Å². The molecule has 0 atom stereocenters. The molecule has 0 aliphatic rings. The van der Waals surface area contributed by atoms with Crippen LogP contribution >= 0.6 is 0 Å². The largest absolute Gasteiger partial charge is 0.494 e. The number of aryl methyl sites for hydroxylation is 2. The number of ether oxygens (including phenoxy) is 2. The highest BCUT2D eigenvalue weighted by molar-refractivity contribution is 5.98. The summed E-state index contributed by atoms with van der Waals surface area (Å²) in [6.07, 6.45) is 1.47. The van der Waals surface area contributed by atoms with Crippen LogP contribution in [0.15, 0.2) is 36.4 Å². The molecule has 35 heavy (non-hydrogen) atoms. The van der Waals surface area contributed by atoms with E-state index in [2.05, 4.69) is 15.3 Å². The summed E-state index contributed by atoms with van der Waals surface area (Å²) in [5.74, 6) is -0.0392. The second-order valence-electron chi connectivity index (χ2n) is 8.54. The van der Waals surface area contributed by atoms with Crippen LogP contribution in [0.2, 0.25) is 0 Å². The zero-order valence-electron chi connectivity index (χ0n) is 20.2. The third-order valence-corrected chi connectivity index (χ3v) is 6.03. The number of nitrogens with one attached hydrogen (secondary N) is 3. The summed E-state index contributed by atoms with van der Waals surface area (Å²) in [4.78, 5) is 30.4. The summed E-state index contributed by atoms with van der Waals surface area (Å²) < 4.78 is 24.8. The lowest BCUT2D eigenvalue weighted by Crippen LogP contribution is -2.26. The highest BCUT2D eigenvalue weighted by Crippen LogP contribution is 2.28. The van der Waals surface area contributed by atoms with Gasteiger partial charge in [-0.05, 0) is 75.1 Å². The number of hydrogen-bond acceptors (Lipinski definition) is 4. The van der Waals surface area contributed by atoms with Gasteiger partial charge in [0, 0.05) is 34.9 Å². The molecule has 2 aromatic carbocycles. The van der Waals surface area contributed by atoms with Crippen LogP contribution in [0.1, 0.15) is 47.1 Å². The van der Waals surface area contributed by atoms with Gasteiger partial charge in [0.1, 0.15) is 17.3 Å². The van der Waals surface area contributed by atoms with Crippen molar-refractivity contribution in [3.63, 3.8) is 0 Å². The maximum absolute atomic E-state index is 14.2. The zero-order chi connectivity index (χ0) is 24.9. The van der Waals surface area contributed by atoms with Crippen molar-refractivity contribution in [1.82, 2.24) is 15.3 Å². The number of fused-ring (bicyclic) bond motifs is 2. The fraction of sp³-hybridized carbons (Fsp3) is 0.333. The molecule has 0 radical (unpaired) electrons. The first-order valence-corrected chi connectivity index (χ1v) is 11.8. The van der Waals surface area contributed by atoms with Gasteiger partial charge in [-0.25, -0.2) is 4.39 Å². The minimum atomic E-state index is -0.274. The van der Waals surface area contributed by atoms with Crippen LogP contribution in [-0.4, -0.2) is 41.6 Å². The monoisotopic (exact) mass is 479 g/mol. The Labute approximate surface area is 203 Å². The average Bonchev–Trinajstić information content (AvgIpc) is 3.41. The lowest BCUT2D eigenvalue weighted by Gasteiger charge is -2.06. The number of halogens is 1. The highest BCUT2D eigenvalue weighted by Gasteiger charge is 2.15. The van der Waals surface area contributed by atoms with Crippen molar-refractivity contribution in [2.24, 2.45) is 0 Å². The molecule has 2 aromatic heterocycles. The van der Waals surface area contributed by atoms with E-state index < -0.39 is 0 Å². The van der Waals surface area contributed by atoms with Gasteiger partial charge in [0.25, 0.3) is 5.91 Å². The minimum absolute atomic E-state index is 0.210. The molecule has 1 amide bonds. The van der Waals surface area contributed by atoms with E-state index in [1.165, 1.54) is 6.07 Å². The fourth-order valence-corrected chi connectivity index (χ4v) is 4.31. The number of aromatic amines is 2. The maximum atomic E-state index is 14.2. The number of aromatic nitrogens is 2. The standard InChI is InChI=1S/C27H30FN3O4/c1-4-34-24(32)6-5-13-35-19-8-10-22-18(14-19)15-23(31-22)27(33)29-12-11-20-17(3)30-26-21(28)9-7-16(2)25(20)26/h7-10,14-15,30-31H,4-6,11-13H2,1-3H3,(H,29,33). The van der Waals surface area contributed by atoms with Gasteiger partial charge in [-0.3, -0.25) is 9.59 Å². The van der Waals surface area contributed by atoms with Crippen LogP contribution < -0.4 is 10.1 Å². The summed E-state index contributed by atoms with van der Waals surface area (Å²) in [6.45, 7) is 6.86. The summed E-state index contributed by atoms with van der Waals surface area (Å²) in [5, 5.41) is 4.69. The Hall–Kier alpha value is -3.81. The molecule has 0 spiro atoms. The molecular formula is C27H30FN3O4. The SMILES string of the molecule is CCOC(=O)CCCOc1ccc2[nH]c(C(=O)NCCc3c(C)[nH]c4c(F)ccc(C)c34)cc2c1. The van der Waals surface area contributed by atoms with E-state index in [4.69, 9.17) is 9.47 Å². The number of rotatable bonds is 10. The molecule has 0 aliphatic heterocycles. The van der Waals surface area contributed by atoms with Gasteiger partial charge in [-0.2, -0.15) is 0 Å². The van der Waals surface area contributed by atoms with Gasteiger partial charge in [-0.1, -0.05) is 6.07 Å². The maximum Gasteiger partial charge on any atom is 0.305 e. The normalized spacial score (nSPS) is 11.2. The smallest absolute Gasteiger partial charge is 0.305 e. The van der Waals surface area contributed by atoms with Crippen LogP contribution in [-0.2, 0) is 16.0 Å². The molecule has 0 unspecified atom stereocenters. The quantitative estimate of drug-likeness (QED) is 0.218. The van der Waals surface area contributed by atoms with Crippen molar-refractivity contribution in [2.45, 2.75) is 40.0 Å². The van der Waals surface area contributed by atoms with E-state index in [-0.39, 0.29) is 17.7 Å². The number of H-pyrrole nitrogens is 2. The molecule has 7 nitrogen and oxygen atoms in total. The van der Waals surface area contributed by atoms with Gasteiger partial charge in [0.2, 0.25) is 0 Å². The third kappa shape index (κ3) is 5.48. The number of esters is 1. The first-order valence-electron chi connectivity index (χ1n) is 11.8. The third-order valence-electron chi connectivity index (χ3n) is 6.03. The topological polar surface area (TPSA) is 96.2 Å². The molecule has 0 aliphatic carbocycles. The van der Waals surface area contributed by atoms with E-state index in [0.29, 0.717) is 56.0 Å². The van der Waals surface area contributed by atoms with E-state index in [1.807, 2.05) is 32.0 Å². The molecular weight excluding hydrogens is 449 g/mol. The average molecular weight is 480 g/mol. The van der Waals surface area contributed by atoms with Crippen LogP contribution in [0.4, 0.5) is 4.39 Å². The lowest BCUT2D eigenvalue weighted by atomic mass is 10.0. The Morgan fingerprint density at radius 1 is 1.09 bits per heavy atom. The first-order chi connectivity index (χ1) is 16.9. The molecule has 3 N–H and O–H groups in total. The number of carbonyl (C=O) groups is 2. The summed E-state index contributed by atoms with van der Waals surface area (Å²) in [5.41, 5.74) is 4.71. The molecule has 4 aromatic rings. The van der Waals surface area contributed by atoms with Crippen LogP contribution in [0.25, 0.3) is 21.8 Å². The lowest BCUT2D eigenvalue weighted by molar-refractivity contribution is -0.143. The number of carbonyl (C=O) groups excluding carboxylic acids is 2. The number of hydrogen-bond donors (Lipinski definition) is 3. The van der Waals surface area contributed by atoms with Crippen molar-refractivity contribution in [3.05, 3.63) is 64.7 Å². The molecule has 0 bridgehead atoms. The van der Waals surface area contributed by atoms with E-state index in [9.17, 15) is 14.0 Å². The summed E-state index contributed by atoms with van der Waals surface area (Å²) >= 11 is 0. The van der Waals surface area contributed by atoms with Gasteiger partial charge >= 0.3 is 5.97 Å². The predicted octanol–water partition coefficient (Wildman–Crippen LogP) is 5.10. The molecule has 0 saturated heterocycles. The molecule has 4 rings (SSSR count). The van der Waals surface area contributed by atoms with E-state index in [1.54, 1.807) is 19.1 Å². The fourth-order valence-electron chi connectivity index (χ4n) is 4.31. The van der Waals surface area contributed by atoms with Crippen LogP contribution in [0.3, 0.4) is 0 Å². The Morgan fingerprint density at radius 3 is 2.71 bits per heavy atom. The van der Waals surface area contributed by atoms with Crippen molar-refractivity contribution in [3.8, 4) is 5.75 Å². The number of benzene rings is 2. The van der Waals surface area contributed by atoms with Gasteiger partial charge < -0.3 is 24.8 Å². The molecule has 8 heteroatoms. The second kappa shape index (κ2) is 10.6. The van der Waals surface area contributed by atoms with Crippen LogP contribution in [0, 0.1) is 19.7 Å². The Kier molecular flexibility index (Phi) is 7.39. The predicted molar refractivity (Wildman–Crippen MR) is 133 cm³/mol. The van der Waals surface area contributed by atoms with Crippen LogP contribution in [0.5, 0.6) is 5.75 Å². The molecule has 0 fully saturated rings. The second-order valence-corrected chi connectivity index (χ2v) is 8.54. The minimum Gasteiger partial charge on any atom is -0.494 e. The Morgan fingerprint density at radius 2 is 1.91 bits per heavy atom. The highest BCUT2D eigenvalue weighted by atomic mass is 19.1. The van der Waals surface area contributed by atoms with Gasteiger partial charge in [0.05, 0.1) is 18.7 Å². The van der Waals surface area contributed by atoms with Gasteiger partial charge in [0.15, 0.2) is 0 Å². The Balaban J connectivity index is 1.35. The molecule has 184 valence electrons. The summed E-state index contributed by atoms with van der Waals surface area (Å²) in [7, 11) is 0. The van der Waals surface area contributed by atoms with Crippen molar-refractivity contribution < 1.29 is 23.5 Å². The molecule has 0 saturated carbocycles. The molecule has 2 heterocycles. The van der Waals surface area contributed by atoms with E-state index in [0.717, 1.165) is 33.1 Å². The Bertz CT molecular complexity index is 1370. The first kappa shape index (κ1) is 24.3. The van der Waals surface area contributed by atoms with E-state index >= 15 is 0 Å². The summed E-state index contributed by atoms with van der Waals surface area (Å²) in [6, 6.07) is 10.6. The number of amides is 1.